The summed E-state index contributed by atoms with van der Waals surface area (Å²) in [6, 6.07) is 3.66. The van der Waals surface area contributed by atoms with E-state index in [4.69, 9.17) is 19.9 Å². The highest BCUT2D eigenvalue weighted by Crippen LogP contribution is 2.52. The van der Waals surface area contributed by atoms with E-state index in [2.05, 4.69) is 0 Å². The normalized spacial score (nSPS) is 28.3. The summed E-state index contributed by atoms with van der Waals surface area (Å²) in [6.07, 6.45) is -4.31. The molecule has 202 valence electrons. The molecule has 0 bridgehead atoms. The molecule has 1 unspecified atom stereocenters. The molecule has 2 aromatic carbocycles. The van der Waals surface area contributed by atoms with Crippen molar-refractivity contribution in [1.82, 2.24) is 0 Å². The number of methoxy groups -OCH3 is 1. The fourth-order valence-corrected chi connectivity index (χ4v) is 5.45. The fraction of sp³-hybridized carbons (Fsp3) is 0.423. The molecular weight excluding hydrogens is 502 g/mol. The zero-order valence-corrected chi connectivity index (χ0v) is 20.3. The van der Waals surface area contributed by atoms with E-state index in [1.54, 1.807) is 0 Å². The van der Waals surface area contributed by atoms with Crippen LogP contribution in [0.4, 0.5) is 0 Å². The van der Waals surface area contributed by atoms with Crippen LogP contribution in [0.5, 0.6) is 17.2 Å². The van der Waals surface area contributed by atoms with Gasteiger partial charge in [-0.25, -0.2) is 0 Å². The number of fused-ring (bicyclic) bond motifs is 3. The minimum Gasteiger partial charge on any atom is -0.507 e. The number of phenols is 2. The molecule has 0 spiro atoms. The number of ketones is 3. The Balaban J connectivity index is 1.69. The van der Waals surface area contributed by atoms with Gasteiger partial charge in [-0.2, -0.15) is 0 Å². The van der Waals surface area contributed by atoms with E-state index in [-0.39, 0.29) is 41.0 Å². The molecule has 1 heterocycles. The van der Waals surface area contributed by atoms with E-state index in [1.807, 2.05) is 0 Å². The van der Waals surface area contributed by atoms with Crippen LogP contribution in [0.15, 0.2) is 18.2 Å². The predicted molar refractivity (Wildman–Crippen MR) is 127 cm³/mol. The Labute approximate surface area is 216 Å². The van der Waals surface area contributed by atoms with Gasteiger partial charge in [0.05, 0.1) is 42.6 Å². The number of carbonyl (C=O) groups excluding carboxylic acids is 3. The third kappa shape index (κ3) is 3.88. The second kappa shape index (κ2) is 9.42. The lowest BCUT2D eigenvalue weighted by atomic mass is 9.72. The standard InChI is InChI=1S/C26H27NO11/c1-36-14-4-2-3-10-18(14)24(33)21-20(22(10)31)23(32)11-6-26(35,16(30)8-28)7-15(19(11)25(21)34)38-17-5-12(27)13(29)9-37-17/h2-4,12-13,15,17,28-29,32,34-35H,5-9,27H2,1H3/t12-,13-,15?,17-,26-/m0/s1. The number of hydrogen-bond donors (Lipinski definition) is 6. The molecule has 2 aromatic rings. The summed E-state index contributed by atoms with van der Waals surface area (Å²) in [4.78, 5) is 39.6. The summed E-state index contributed by atoms with van der Waals surface area (Å²) in [6.45, 7) is -1.17. The first kappa shape index (κ1) is 26.2. The monoisotopic (exact) mass is 529 g/mol. The Morgan fingerprint density at radius 2 is 1.87 bits per heavy atom. The summed E-state index contributed by atoms with van der Waals surface area (Å²) >= 11 is 0. The summed E-state index contributed by atoms with van der Waals surface area (Å²) < 4.78 is 16.7. The van der Waals surface area contributed by atoms with Gasteiger partial charge in [-0.3, -0.25) is 14.4 Å². The Bertz CT molecular complexity index is 1360. The summed E-state index contributed by atoms with van der Waals surface area (Å²) in [5.74, 6) is -3.77. The number of carbonyl (C=O) groups is 3. The van der Waals surface area contributed by atoms with E-state index in [0.717, 1.165) is 0 Å². The number of aliphatic hydroxyl groups excluding tert-OH is 2. The molecule has 5 rings (SSSR count). The third-order valence-electron chi connectivity index (χ3n) is 7.47. The van der Waals surface area contributed by atoms with Crippen LogP contribution < -0.4 is 10.5 Å². The van der Waals surface area contributed by atoms with Gasteiger partial charge in [-0.15, -0.1) is 0 Å². The Morgan fingerprint density at radius 3 is 2.53 bits per heavy atom. The smallest absolute Gasteiger partial charge is 0.202 e. The molecule has 7 N–H and O–H groups in total. The van der Waals surface area contributed by atoms with Crippen molar-refractivity contribution in [2.45, 2.75) is 49.4 Å². The Hall–Kier alpha value is -3.39. The average Bonchev–Trinajstić information content (AvgIpc) is 2.90. The van der Waals surface area contributed by atoms with Crippen molar-refractivity contribution >= 4 is 17.3 Å². The van der Waals surface area contributed by atoms with Gasteiger partial charge in [0, 0.05) is 42.0 Å². The van der Waals surface area contributed by atoms with Gasteiger partial charge >= 0.3 is 0 Å². The second-order valence-corrected chi connectivity index (χ2v) is 9.73. The fourth-order valence-electron chi connectivity index (χ4n) is 5.45. The summed E-state index contributed by atoms with van der Waals surface area (Å²) in [7, 11) is 1.32. The molecule has 38 heavy (non-hydrogen) atoms. The van der Waals surface area contributed by atoms with Crippen LogP contribution in [0, 0.1) is 0 Å². The lowest BCUT2D eigenvalue weighted by Gasteiger charge is -2.41. The molecule has 0 radical (unpaired) electrons. The first-order valence-corrected chi connectivity index (χ1v) is 12.0. The number of aromatic hydroxyl groups is 2. The molecule has 0 saturated carbocycles. The zero-order valence-electron chi connectivity index (χ0n) is 20.3. The van der Waals surface area contributed by atoms with Gasteiger partial charge in [-0.1, -0.05) is 12.1 Å². The van der Waals surface area contributed by atoms with Crippen molar-refractivity contribution in [2.75, 3.05) is 20.3 Å². The number of ether oxygens (including phenoxy) is 3. The maximum absolute atomic E-state index is 13.6. The third-order valence-corrected chi connectivity index (χ3v) is 7.47. The average molecular weight is 529 g/mol. The number of aliphatic hydroxyl groups is 3. The van der Waals surface area contributed by atoms with Crippen LogP contribution in [0.3, 0.4) is 0 Å². The van der Waals surface area contributed by atoms with Crippen molar-refractivity contribution in [1.29, 1.82) is 0 Å². The van der Waals surface area contributed by atoms with Crippen molar-refractivity contribution < 1.29 is 54.1 Å². The number of Topliss-reactive ketones (excluding diaryl/α,β-unsaturated/α-hetero) is 1. The molecule has 5 atom stereocenters. The summed E-state index contributed by atoms with van der Waals surface area (Å²) in [5.41, 5.74) is 2.30. The predicted octanol–water partition coefficient (Wildman–Crippen LogP) is -0.387. The molecule has 0 amide bonds. The molecule has 2 aliphatic carbocycles. The number of benzene rings is 2. The van der Waals surface area contributed by atoms with E-state index >= 15 is 0 Å². The maximum atomic E-state index is 13.6. The number of hydrogen-bond acceptors (Lipinski definition) is 12. The van der Waals surface area contributed by atoms with Crippen LogP contribution in [-0.4, -0.2) is 87.2 Å². The number of nitrogens with two attached hydrogens (primary N) is 1. The minimum atomic E-state index is -2.23. The Kier molecular flexibility index (Phi) is 6.50. The van der Waals surface area contributed by atoms with Crippen LogP contribution in [0.1, 0.15) is 61.9 Å². The number of phenolic OH excluding ortho intramolecular Hbond substituents is 2. The lowest BCUT2D eigenvalue weighted by molar-refractivity contribution is -0.223. The van der Waals surface area contributed by atoms with E-state index in [0.29, 0.717) is 0 Å². The largest absolute Gasteiger partial charge is 0.507 e. The van der Waals surface area contributed by atoms with Crippen molar-refractivity contribution in [3.63, 3.8) is 0 Å². The molecule has 3 aliphatic rings. The first-order chi connectivity index (χ1) is 18.0. The summed E-state index contributed by atoms with van der Waals surface area (Å²) in [5, 5.41) is 53.2. The van der Waals surface area contributed by atoms with Crippen LogP contribution >= 0.6 is 0 Å². The second-order valence-electron chi connectivity index (χ2n) is 9.73. The number of rotatable bonds is 5. The van der Waals surface area contributed by atoms with Gasteiger partial charge in [0.1, 0.15) is 29.5 Å². The van der Waals surface area contributed by atoms with Crippen LogP contribution in [0.25, 0.3) is 0 Å². The molecular formula is C26H27NO11. The van der Waals surface area contributed by atoms with Gasteiger partial charge in [0.25, 0.3) is 0 Å². The van der Waals surface area contributed by atoms with Crippen LogP contribution in [-0.2, 0) is 20.7 Å². The van der Waals surface area contributed by atoms with Gasteiger partial charge in [0.15, 0.2) is 17.9 Å². The van der Waals surface area contributed by atoms with Gasteiger partial charge in [-0.05, 0) is 6.07 Å². The minimum absolute atomic E-state index is 0.0268. The SMILES string of the molecule is COc1cccc2c1C(=O)c1c(O)c3c(c(O)c1C2=O)C[C@@](O)(C(=O)CO)CC3O[C@H]1C[C@H](N)[C@@H](O)CO1. The molecule has 1 fully saturated rings. The quantitative estimate of drug-likeness (QED) is 0.234. The topological polar surface area (TPSA) is 206 Å². The van der Waals surface area contributed by atoms with Crippen molar-refractivity contribution in [3.05, 3.63) is 51.6 Å². The molecule has 12 heteroatoms. The first-order valence-electron chi connectivity index (χ1n) is 12.0. The molecule has 1 aliphatic heterocycles. The van der Waals surface area contributed by atoms with Crippen LogP contribution in [0.2, 0.25) is 0 Å². The molecule has 1 saturated heterocycles. The van der Waals surface area contributed by atoms with Crippen molar-refractivity contribution in [2.24, 2.45) is 5.73 Å². The van der Waals surface area contributed by atoms with Gasteiger partial charge in [0.2, 0.25) is 5.78 Å². The van der Waals surface area contributed by atoms with E-state index in [1.165, 1.54) is 25.3 Å². The highest BCUT2D eigenvalue weighted by molar-refractivity contribution is 6.31. The highest BCUT2D eigenvalue weighted by Gasteiger charge is 2.49. The van der Waals surface area contributed by atoms with E-state index in [9.17, 15) is 39.9 Å². The van der Waals surface area contributed by atoms with Gasteiger partial charge < -0.3 is 45.5 Å². The molecule has 0 aromatic heterocycles. The molecule has 12 nitrogen and oxygen atoms in total. The van der Waals surface area contributed by atoms with E-state index < -0.39 is 89.6 Å². The van der Waals surface area contributed by atoms with Crippen molar-refractivity contribution in [3.8, 4) is 17.2 Å². The zero-order chi connectivity index (χ0) is 27.5. The maximum Gasteiger partial charge on any atom is 0.202 e. The highest BCUT2D eigenvalue weighted by atomic mass is 16.7. The Morgan fingerprint density at radius 1 is 1.16 bits per heavy atom. The lowest BCUT2D eigenvalue weighted by Crippen LogP contribution is -2.50.